The third kappa shape index (κ3) is 1.42. The van der Waals surface area contributed by atoms with E-state index in [-0.39, 0.29) is 5.95 Å². The summed E-state index contributed by atoms with van der Waals surface area (Å²) in [5, 5.41) is 0.318. The number of nitrogens with zero attached hydrogens (tertiary/aromatic N) is 3. The normalized spacial score (nSPS) is 8.90. The van der Waals surface area contributed by atoms with Crippen LogP contribution < -0.4 is 0 Å². The molecule has 0 spiro atoms. The van der Waals surface area contributed by atoms with Gasteiger partial charge in [0.2, 0.25) is 0 Å². The minimum absolute atomic E-state index is 0.102. The fourth-order valence-electron chi connectivity index (χ4n) is 0.565. The van der Waals surface area contributed by atoms with Crippen molar-refractivity contribution in [2.45, 2.75) is 6.92 Å². The Labute approximate surface area is 63.5 Å². The lowest BCUT2D eigenvalue weighted by atomic mass is 10.5. The highest BCUT2D eigenvalue weighted by Gasteiger charge is 2.00. The van der Waals surface area contributed by atoms with E-state index >= 15 is 0 Å². The van der Waals surface area contributed by atoms with E-state index in [2.05, 4.69) is 14.8 Å². The summed E-state index contributed by atoms with van der Waals surface area (Å²) in [5.41, 5.74) is 0.714. The predicted molar refractivity (Wildman–Crippen MR) is 38.0 cm³/mol. The van der Waals surface area contributed by atoms with Gasteiger partial charge in [0.25, 0.3) is 0 Å². The molecule has 0 aliphatic heterocycles. The first kappa shape index (κ1) is 6.97. The SMILES string of the molecule is [C-]#[N+]c1nc(C)cc(Cl)n1. The third-order valence-electron chi connectivity index (χ3n) is 0.911. The van der Waals surface area contributed by atoms with E-state index in [0.29, 0.717) is 10.8 Å². The lowest BCUT2D eigenvalue weighted by molar-refractivity contribution is 1.13. The van der Waals surface area contributed by atoms with Crippen LogP contribution in [0, 0.1) is 13.5 Å². The largest absolute Gasteiger partial charge is 0.394 e. The molecule has 1 heterocycles. The van der Waals surface area contributed by atoms with Crippen LogP contribution in [0.1, 0.15) is 5.69 Å². The monoisotopic (exact) mass is 153 g/mol. The smallest absolute Gasteiger partial charge is 0.373 e. The maximum Gasteiger partial charge on any atom is 0.373 e. The molecular weight excluding hydrogens is 150 g/mol. The van der Waals surface area contributed by atoms with Crippen molar-refractivity contribution in [3.8, 4) is 0 Å². The molecule has 1 aromatic rings. The molecule has 4 heteroatoms. The first-order chi connectivity index (χ1) is 4.72. The van der Waals surface area contributed by atoms with Crippen molar-refractivity contribution in [2.24, 2.45) is 0 Å². The fourth-order valence-corrected chi connectivity index (χ4v) is 0.799. The number of halogens is 1. The Morgan fingerprint density at radius 1 is 1.60 bits per heavy atom. The summed E-state index contributed by atoms with van der Waals surface area (Å²) in [6.45, 7) is 8.34. The second kappa shape index (κ2) is 2.63. The lowest BCUT2D eigenvalue weighted by Gasteiger charge is -1.88. The van der Waals surface area contributed by atoms with Crippen LogP contribution in [-0.4, -0.2) is 9.97 Å². The van der Waals surface area contributed by atoms with E-state index in [1.807, 2.05) is 0 Å². The Morgan fingerprint density at radius 2 is 2.30 bits per heavy atom. The summed E-state index contributed by atoms with van der Waals surface area (Å²) >= 11 is 5.53. The standard InChI is InChI=1S/C6H4ClN3/c1-4-3-5(7)10-6(8-2)9-4/h3H,1H3. The first-order valence-corrected chi connectivity index (χ1v) is 2.99. The third-order valence-corrected chi connectivity index (χ3v) is 1.10. The molecule has 0 amide bonds. The van der Waals surface area contributed by atoms with Gasteiger partial charge in [-0.15, -0.1) is 11.6 Å². The number of rotatable bonds is 0. The van der Waals surface area contributed by atoms with Crippen molar-refractivity contribution >= 4 is 17.5 Å². The molecule has 0 aromatic carbocycles. The predicted octanol–water partition coefficient (Wildman–Crippen LogP) is 1.99. The van der Waals surface area contributed by atoms with Crippen LogP contribution >= 0.6 is 11.6 Å². The zero-order valence-electron chi connectivity index (χ0n) is 5.30. The van der Waals surface area contributed by atoms with Gasteiger partial charge in [0.05, 0.1) is 5.69 Å². The lowest BCUT2D eigenvalue weighted by Crippen LogP contribution is -1.83. The number of aryl methyl sites for hydroxylation is 1. The molecule has 0 fully saturated rings. The Bertz CT molecular complexity index is 269. The molecule has 0 radical (unpaired) electrons. The van der Waals surface area contributed by atoms with Crippen LogP contribution in [0.3, 0.4) is 0 Å². The molecule has 0 saturated heterocycles. The maximum absolute atomic E-state index is 6.58. The fraction of sp³-hybridized carbons (Fsp3) is 0.167. The minimum atomic E-state index is 0.102. The van der Waals surface area contributed by atoms with Gasteiger partial charge in [-0.25, -0.2) is 0 Å². The zero-order chi connectivity index (χ0) is 7.56. The van der Waals surface area contributed by atoms with Crippen LogP contribution in [0.5, 0.6) is 0 Å². The summed E-state index contributed by atoms with van der Waals surface area (Å²) in [6.07, 6.45) is 0. The van der Waals surface area contributed by atoms with E-state index in [1.54, 1.807) is 13.0 Å². The number of hydrogen-bond donors (Lipinski definition) is 0. The van der Waals surface area contributed by atoms with Crippen LogP contribution in [0.15, 0.2) is 6.07 Å². The molecule has 0 aliphatic carbocycles. The van der Waals surface area contributed by atoms with Crippen molar-refractivity contribution in [3.05, 3.63) is 28.3 Å². The molecular formula is C6H4ClN3. The average molecular weight is 154 g/mol. The van der Waals surface area contributed by atoms with E-state index in [0.717, 1.165) is 0 Å². The maximum atomic E-state index is 6.58. The highest BCUT2D eigenvalue weighted by Crippen LogP contribution is 2.10. The number of hydrogen-bond acceptors (Lipinski definition) is 2. The topological polar surface area (TPSA) is 30.1 Å². The van der Waals surface area contributed by atoms with Gasteiger partial charge < -0.3 is 4.85 Å². The molecule has 0 N–H and O–H groups in total. The highest BCUT2D eigenvalue weighted by molar-refractivity contribution is 6.29. The van der Waals surface area contributed by atoms with Crippen LogP contribution in [0.4, 0.5) is 5.95 Å². The number of aromatic nitrogens is 2. The molecule has 0 aliphatic rings. The van der Waals surface area contributed by atoms with Crippen LogP contribution in [0.2, 0.25) is 5.15 Å². The van der Waals surface area contributed by atoms with E-state index in [9.17, 15) is 0 Å². The molecule has 50 valence electrons. The average Bonchev–Trinajstić information content (AvgIpc) is 1.85. The zero-order valence-corrected chi connectivity index (χ0v) is 6.05. The second-order valence-electron chi connectivity index (χ2n) is 1.74. The van der Waals surface area contributed by atoms with Crippen molar-refractivity contribution in [1.82, 2.24) is 9.97 Å². The summed E-state index contributed by atoms with van der Waals surface area (Å²) in [6, 6.07) is 1.61. The van der Waals surface area contributed by atoms with Gasteiger partial charge in [-0.2, -0.15) is 4.98 Å². The molecule has 0 atom stereocenters. The molecule has 3 nitrogen and oxygen atoms in total. The van der Waals surface area contributed by atoms with Crippen molar-refractivity contribution in [1.29, 1.82) is 0 Å². The van der Waals surface area contributed by atoms with Crippen molar-refractivity contribution in [2.75, 3.05) is 0 Å². The highest BCUT2D eigenvalue weighted by atomic mass is 35.5. The van der Waals surface area contributed by atoms with Gasteiger partial charge >= 0.3 is 5.95 Å². The summed E-state index contributed by atoms with van der Waals surface area (Å²) in [7, 11) is 0. The molecule has 0 saturated carbocycles. The Balaban J connectivity index is 3.22. The van der Waals surface area contributed by atoms with Gasteiger partial charge in [0, 0.05) is 6.07 Å². The van der Waals surface area contributed by atoms with Crippen molar-refractivity contribution in [3.63, 3.8) is 0 Å². The van der Waals surface area contributed by atoms with Crippen molar-refractivity contribution < 1.29 is 0 Å². The molecule has 1 rings (SSSR count). The Morgan fingerprint density at radius 3 is 2.80 bits per heavy atom. The first-order valence-electron chi connectivity index (χ1n) is 2.61. The molecule has 1 aromatic heterocycles. The minimum Gasteiger partial charge on any atom is -0.394 e. The van der Waals surface area contributed by atoms with Gasteiger partial charge in [0.1, 0.15) is 0 Å². The van der Waals surface area contributed by atoms with Gasteiger partial charge in [0.15, 0.2) is 5.15 Å². The summed E-state index contributed by atoms with van der Waals surface area (Å²) in [4.78, 5) is 10.5. The second-order valence-corrected chi connectivity index (χ2v) is 2.13. The van der Waals surface area contributed by atoms with Gasteiger partial charge in [-0.3, -0.25) is 0 Å². The van der Waals surface area contributed by atoms with E-state index in [4.69, 9.17) is 18.2 Å². The molecule has 10 heavy (non-hydrogen) atoms. The Hall–Kier alpha value is -1.14. The van der Waals surface area contributed by atoms with Gasteiger partial charge in [-0.1, -0.05) is 0 Å². The quantitative estimate of drug-likeness (QED) is 0.422. The van der Waals surface area contributed by atoms with Crippen LogP contribution in [-0.2, 0) is 0 Å². The van der Waals surface area contributed by atoms with E-state index < -0.39 is 0 Å². The summed E-state index contributed by atoms with van der Waals surface area (Å²) in [5.74, 6) is 0.102. The Kier molecular flexibility index (Phi) is 1.83. The van der Waals surface area contributed by atoms with Crippen LogP contribution in [0.25, 0.3) is 4.85 Å². The molecule has 0 unspecified atom stereocenters. The molecule has 0 bridgehead atoms. The van der Waals surface area contributed by atoms with E-state index in [1.165, 1.54) is 0 Å². The van der Waals surface area contributed by atoms with Gasteiger partial charge in [-0.05, 0) is 18.5 Å². The summed E-state index contributed by atoms with van der Waals surface area (Å²) < 4.78 is 0.